The second-order valence-electron chi connectivity index (χ2n) is 7.52. The summed E-state index contributed by atoms with van der Waals surface area (Å²) in [5, 5.41) is 20.9. The Bertz CT molecular complexity index is 865. The number of halogens is 2. The highest BCUT2D eigenvalue weighted by molar-refractivity contribution is 5.23. The third kappa shape index (κ3) is 8.26. The zero-order valence-corrected chi connectivity index (χ0v) is 17.6. The van der Waals surface area contributed by atoms with Gasteiger partial charge in [-0.1, -0.05) is 30.3 Å². The summed E-state index contributed by atoms with van der Waals surface area (Å²) >= 11 is 0. The van der Waals surface area contributed by atoms with Crippen molar-refractivity contribution in [3.8, 4) is 11.5 Å². The van der Waals surface area contributed by atoms with Crippen LogP contribution >= 0.6 is 0 Å². The Hall–Kier alpha value is -3.00. The van der Waals surface area contributed by atoms with Gasteiger partial charge in [-0.2, -0.15) is 0 Å². The Morgan fingerprint density at radius 2 is 1.09 bits per heavy atom. The van der Waals surface area contributed by atoms with Crippen LogP contribution in [0, 0.1) is 11.6 Å². The molecule has 3 rings (SSSR count). The lowest BCUT2D eigenvalue weighted by atomic mass is 10.2. The maximum atomic E-state index is 13.0. The van der Waals surface area contributed by atoms with Crippen LogP contribution in [0.3, 0.4) is 0 Å². The van der Waals surface area contributed by atoms with Crippen molar-refractivity contribution in [2.24, 2.45) is 0 Å². The molecule has 2 N–H and O–H groups in total. The Balaban J connectivity index is 1.54. The van der Waals surface area contributed by atoms with Gasteiger partial charge in [-0.15, -0.1) is 0 Å². The molecule has 0 aliphatic rings. The predicted octanol–water partition coefficient (Wildman–Crippen LogP) is 3.65. The lowest BCUT2D eigenvalue weighted by Gasteiger charge is -2.27. The van der Waals surface area contributed by atoms with Crippen LogP contribution in [0.4, 0.5) is 8.78 Å². The fraction of sp³-hybridized carbons (Fsp3) is 0.280. The van der Waals surface area contributed by atoms with E-state index in [1.54, 1.807) is 0 Å². The van der Waals surface area contributed by atoms with E-state index in [4.69, 9.17) is 9.47 Å². The topological polar surface area (TPSA) is 62.2 Å². The lowest BCUT2D eigenvalue weighted by Crippen LogP contribution is -2.41. The van der Waals surface area contributed by atoms with Crippen molar-refractivity contribution in [2.75, 3.05) is 26.3 Å². The second-order valence-corrected chi connectivity index (χ2v) is 7.52. The molecule has 0 fully saturated rings. The molecule has 0 saturated heterocycles. The highest BCUT2D eigenvalue weighted by Gasteiger charge is 2.17. The van der Waals surface area contributed by atoms with Crippen LogP contribution in [0.5, 0.6) is 11.5 Å². The Morgan fingerprint density at radius 1 is 0.656 bits per heavy atom. The van der Waals surface area contributed by atoms with Gasteiger partial charge in [-0.3, -0.25) is 4.90 Å². The molecule has 0 aromatic heterocycles. The van der Waals surface area contributed by atoms with E-state index >= 15 is 0 Å². The molecule has 7 heteroatoms. The Labute approximate surface area is 186 Å². The summed E-state index contributed by atoms with van der Waals surface area (Å²) in [7, 11) is 0. The van der Waals surface area contributed by atoms with Gasteiger partial charge < -0.3 is 19.7 Å². The minimum atomic E-state index is -0.825. The molecule has 0 amide bonds. The van der Waals surface area contributed by atoms with Crippen molar-refractivity contribution in [1.82, 2.24) is 4.90 Å². The summed E-state index contributed by atoms with van der Waals surface area (Å²) in [5.41, 5.74) is 1.03. The third-order valence-corrected chi connectivity index (χ3v) is 4.70. The highest BCUT2D eigenvalue weighted by atomic mass is 19.1. The van der Waals surface area contributed by atoms with E-state index in [1.165, 1.54) is 48.5 Å². The second kappa shape index (κ2) is 12.1. The van der Waals surface area contributed by atoms with Crippen LogP contribution < -0.4 is 9.47 Å². The van der Waals surface area contributed by atoms with Gasteiger partial charge in [-0.25, -0.2) is 8.78 Å². The third-order valence-electron chi connectivity index (χ3n) is 4.70. The smallest absolute Gasteiger partial charge is 0.123 e. The van der Waals surface area contributed by atoms with E-state index in [-0.39, 0.29) is 37.9 Å². The predicted molar refractivity (Wildman–Crippen MR) is 118 cm³/mol. The lowest BCUT2D eigenvalue weighted by molar-refractivity contribution is 0.0282. The largest absolute Gasteiger partial charge is 0.491 e. The summed E-state index contributed by atoms with van der Waals surface area (Å²) in [5.74, 6) is 0.216. The molecule has 0 spiro atoms. The first-order valence-corrected chi connectivity index (χ1v) is 10.4. The summed E-state index contributed by atoms with van der Waals surface area (Å²) in [4.78, 5) is 1.91. The molecule has 32 heavy (non-hydrogen) atoms. The van der Waals surface area contributed by atoms with E-state index < -0.39 is 12.2 Å². The number of hydrogen-bond acceptors (Lipinski definition) is 5. The summed E-state index contributed by atoms with van der Waals surface area (Å²) in [6.45, 7) is 1.08. The van der Waals surface area contributed by atoms with Crippen molar-refractivity contribution in [3.63, 3.8) is 0 Å². The first kappa shape index (κ1) is 23.7. The van der Waals surface area contributed by atoms with E-state index in [9.17, 15) is 19.0 Å². The number of nitrogens with zero attached hydrogens (tertiary/aromatic N) is 1. The monoisotopic (exact) mass is 443 g/mol. The van der Waals surface area contributed by atoms with Crippen molar-refractivity contribution < 1.29 is 28.5 Å². The van der Waals surface area contributed by atoms with Gasteiger partial charge in [-0.05, 0) is 54.1 Å². The number of benzene rings is 3. The Kier molecular flexibility index (Phi) is 8.98. The SMILES string of the molecule is O[C@H](COc1ccc(F)cc1)CN(Cc1ccccc1)C[C@H](O)COc1ccc(F)cc1. The van der Waals surface area contributed by atoms with Crippen LogP contribution in [0.2, 0.25) is 0 Å². The van der Waals surface area contributed by atoms with Crippen molar-refractivity contribution in [2.45, 2.75) is 18.8 Å². The summed E-state index contributed by atoms with van der Waals surface area (Å²) in [6, 6.07) is 20.9. The fourth-order valence-corrected chi connectivity index (χ4v) is 3.19. The van der Waals surface area contributed by atoms with Crippen molar-refractivity contribution in [1.29, 1.82) is 0 Å². The molecule has 0 unspecified atom stereocenters. The van der Waals surface area contributed by atoms with Crippen LogP contribution in [0.1, 0.15) is 5.56 Å². The van der Waals surface area contributed by atoms with E-state index in [0.29, 0.717) is 18.0 Å². The van der Waals surface area contributed by atoms with Crippen LogP contribution in [0.25, 0.3) is 0 Å². The number of aliphatic hydroxyl groups is 2. The Morgan fingerprint density at radius 3 is 1.53 bits per heavy atom. The van der Waals surface area contributed by atoms with Crippen LogP contribution in [-0.4, -0.2) is 53.6 Å². The maximum Gasteiger partial charge on any atom is 0.123 e. The van der Waals surface area contributed by atoms with Gasteiger partial charge in [0.15, 0.2) is 0 Å². The van der Waals surface area contributed by atoms with Crippen molar-refractivity contribution in [3.05, 3.63) is 96.1 Å². The minimum absolute atomic E-state index is 0.0269. The van der Waals surface area contributed by atoms with Gasteiger partial charge >= 0.3 is 0 Å². The van der Waals surface area contributed by atoms with Gasteiger partial charge in [0.2, 0.25) is 0 Å². The van der Waals surface area contributed by atoms with E-state index in [2.05, 4.69) is 0 Å². The molecular formula is C25H27F2NO4. The molecule has 0 bridgehead atoms. The molecule has 0 saturated carbocycles. The average Bonchev–Trinajstić information content (AvgIpc) is 2.79. The number of aliphatic hydroxyl groups excluding tert-OH is 2. The molecule has 3 aromatic rings. The standard InChI is InChI=1S/C25H27F2NO4/c26-20-6-10-24(11-7-20)31-17-22(29)15-28(14-19-4-2-1-3-5-19)16-23(30)18-32-25-12-8-21(27)9-13-25/h1-13,22-23,29-30H,14-18H2/t22-,23-/m0/s1. The number of ether oxygens (including phenoxy) is 2. The first-order chi connectivity index (χ1) is 15.5. The molecule has 0 aliphatic heterocycles. The first-order valence-electron chi connectivity index (χ1n) is 10.4. The van der Waals surface area contributed by atoms with E-state index in [1.807, 2.05) is 35.2 Å². The van der Waals surface area contributed by atoms with Gasteiger partial charge in [0.25, 0.3) is 0 Å². The average molecular weight is 443 g/mol. The molecule has 0 radical (unpaired) electrons. The molecule has 3 aromatic carbocycles. The highest BCUT2D eigenvalue weighted by Crippen LogP contribution is 2.14. The maximum absolute atomic E-state index is 13.0. The van der Waals surface area contributed by atoms with Crippen LogP contribution in [-0.2, 0) is 6.54 Å². The van der Waals surface area contributed by atoms with Gasteiger partial charge in [0, 0.05) is 19.6 Å². The number of hydrogen-bond donors (Lipinski definition) is 2. The normalized spacial score (nSPS) is 13.0. The molecule has 5 nitrogen and oxygen atoms in total. The molecule has 2 atom stereocenters. The molecule has 0 aliphatic carbocycles. The van der Waals surface area contributed by atoms with Crippen molar-refractivity contribution >= 4 is 0 Å². The quantitative estimate of drug-likeness (QED) is 0.448. The van der Waals surface area contributed by atoms with Gasteiger partial charge in [0.1, 0.15) is 48.6 Å². The molecule has 0 heterocycles. The molecular weight excluding hydrogens is 416 g/mol. The zero-order chi connectivity index (χ0) is 22.8. The zero-order valence-electron chi connectivity index (χ0n) is 17.6. The fourth-order valence-electron chi connectivity index (χ4n) is 3.19. The summed E-state index contributed by atoms with van der Waals surface area (Å²) < 4.78 is 37.1. The van der Waals surface area contributed by atoms with E-state index in [0.717, 1.165) is 5.56 Å². The summed E-state index contributed by atoms with van der Waals surface area (Å²) in [6.07, 6.45) is -1.65. The molecule has 170 valence electrons. The van der Waals surface area contributed by atoms with Crippen LogP contribution in [0.15, 0.2) is 78.9 Å². The number of rotatable bonds is 12. The minimum Gasteiger partial charge on any atom is -0.491 e. The van der Waals surface area contributed by atoms with Gasteiger partial charge in [0.05, 0.1) is 0 Å².